The fourth-order valence-electron chi connectivity index (χ4n) is 3.55. The molecule has 0 radical (unpaired) electrons. The van der Waals surface area contributed by atoms with E-state index in [0.29, 0.717) is 41.3 Å². The molecule has 4 aromatic rings. The van der Waals surface area contributed by atoms with Crippen LogP contribution in [0, 0.1) is 35.1 Å². The van der Waals surface area contributed by atoms with Crippen molar-refractivity contribution < 1.29 is 22.3 Å². The second-order valence-electron chi connectivity index (χ2n) is 7.59. The molecule has 4 aromatic carbocycles. The first kappa shape index (κ1) is 22.4. The SMILES string of the molecule is CCOc1ccc(CCc2cc(F)c(C#Cc3ccc4cc(F)c(F)cc4c3)c(F)c2)cc1. The third kappa shape index (κ3) is 5.35. The number of halogens is 4. The summed E-state index contributed by atoms with van der Waals surface area (Å²) < 4.78 is 61.4. The summed E-state index contributed by atoms with van der Waals surface area (Å²) in [5.41, 5.74) is 1.68. The molecule has 0 aliphatic rings. The Bertz CT molecular complexity index is 1340. The van der Waals surface area contributed by atoms with Gasteiger partial charge in [-0.05, 0) is 90.2 Å². The molecule has 0 N–H and O–H groups in total. The van der Waals surface area contributed by atoms with E-state index in [4.69, 9.17) is 4.74 Å². The van der Waals surface area contributed by atoms with Crippen molar-refractivity contribution in [2.24, 2.45) is 0 Å². The molecule has 0 heterocycles. The van der Waals surface area contributed by atoms with Gasteiger partial charge in [-0.3, -0.25) is 0 Å². The standard InChI is InChI=1S/C28H20F4O/c1-2-33-23-10-6-18(7-11-23)3-4-20-14-25(29)24(26(30)15-20)12-8-19-5-9-21-16-27(31)28(32)17-22(21)13-19/h5-7,9-11,13-17H,2-4H2,1H3. The van der Waals surface area contributed by atoms with Crippen molar-refractivity contribution in [3.05, 3.63) is 112 Å². The highest BCUT2D eigenvalue weighted by Gasteiger charge is 2.10. The minimum absolute atomic E-state index is 0.329. The van der Waals surface area contributed by atoms with Crippen LogP contribution in [0.4, 0.5) is 17.6 Å². The van der Waals surface area contributed by atoms with Gasteiger partial charge in [0.15, 0.2) is 11.6 Å². The maximum Gasteiger partial charge on any atom is 0.159 e. The molecule has 0 aromatic heterocycles. The van der Waals surface area contributed by atoms with E-state index in [-0.39, 0.29) is 5.56 Å². The Morgan fingerprint density at radius 1 is 0.636 bits per heavy atom. The molecule has 0 saturated heterocycles. The average molecular weight is 448 g/mol. The lowest BCUT2D eigenvalue weighted by molar-refractivity contribution is 0.340. The average Bonchev–Trinajstić information content (AvgIpc) is 2.79. The molecule has 33 heavy (non-hydrogen) atoms. The number of ether oxygens (including phenoxy) is 1. The van der Waals surface area contributed by atoms with Gasteiger partial charge in [0, 0.05) is 5.56 Å². The van der Waals surface area contributed by atoms with E-state index in [9.17, 15) is 17.6 Å². The van der Waals surface area contributed by atoms with Gasteiger partial charge in [0.25, 0.3) is 0 Å². The highest BCUT2D eigenvalue weighted by Crippen LogP contribution is 2.21. The van der Waals surface area contributed by atoms with Crippen LogP contribution in [0.1, 0.15) is 29.2 Å². The maximum atomic E-state index is 14.6. The Kier molecular flexibility index (Phi) is 6.65. The molecular weight excluding hydrogens is 428 g/mol. The minimum atomic E-state index is -0.967. The quantitative estimate of drug-likeness (QED) is 0.236. The predicted octanol–water partition coefficient (Wildman–Crippen LogP) is 6.98. The molecule has 1 nitrogen and oxygen atoms in total. The number of fused-ring (bicyclic) bond motifs is 1. The van der Waals surface area contributed by atoms with Gasteiger partial charge in [0.2, 0.25) is 0 Å². The van der Waals surface area contributed by atoms with Crippen molar-refractivity contribution >= 4 is 10.8 Å². The Balaban J connectivity index is 1.50. The Labute approximate surface area is 189 Å². The maximum absolute atomic E-state index is 14.6. The first-order valence-corrected chi connectivity index (χ1v) is 10.5. The van der Waals surface area contributed by atoms with E-state index in [2.05, 4.69) is 11.8 Å². The first-order chi connectivity index (χ1) is 15.9. The van der Waals surface area contributed by atoms with Crippen LogP contribution in [0.15, 0.2) is 66.7 Å². The molecule has 5 heteroatoms. The van der Waals surface area contributed by atoms with E-state index in [1.54, 1.807) is 18.2 Å². The molecule has 0 saturated carbocycles. The molecule has 0 bridgehead atoms. The number of aryl methyl sites for hydroxylation is 2. The molecule has 0 aliphatic heterocycles. The lowest BCUT2D eigenvalue weighted by atomic mass is 10.0. The summed E-state index contributed by atoms with van der Waals surface area (Å²) in [5, 5.41) is 0.958. The fraction of sp³-hybridized carbons (Fsp3) is 0.143. The Morgan fingerprint density at radius 3 is 1.94 bits per heavy atom. The Morgan fingerprint density at radius 2 is 1.27 bits per heavy atom. The van der Waals surface area contributed by atoms with Gasteiger partial charge in [-0.1, -0.05) is 30.0 Å². The van der Waals surface area contributed by atoms with Gasteiger partial charge in [-0.25, -0.2) is 17.6 Å². The molecule has 0 unspecified atom stereocenters. The number of hydrogen-bond donors (Lipinski definition) is 0. The van der Waals surface area contributed by atoms with Crippen molar-refractivity contribution in [1.82, 2.24) is 0 Å². The van der Waals surface area contributed by atoms with Crippen molar-refractivity contribution in [2.75, 3.05) is 6.61 Å². The minimum Gasteiger partial charge on any atom is -0.494 e. The molecular formula is C28H20F4O. The van der Waals surface area contributed by atoms with Crippen LogP contribution >= 0.6 is 0 Å². The Hall–Kier alpha value is -3.78. The monoisotopic (exact) mass is 448 g/mol. The zero-order valence-electron chi connectivity index (χ0n) is 17.9. The van der Waals surface area contributed by atoms with Gasteiger partial charge in [0.05, 0.1) is 12.2 Å². The summed E-state index contributed by atoms with van der Waals surface area (Å²) in [4.78, 5) is 0. The van der Waals surface area contributed by atoms with Crippen LogP contribution in [0.2, 0.25) is 0 Å². The van der Waals surface area contributed by atoms with E-state index in [0.717, 1.165) is 23.4 Å². The lowest BCUT2D eigenvalue weighted by Crippen LogP contribution is -1.98. The molecule has 0 fully saturated rings. The van der Waals surface area contributed by atoms with E-state index in [1.165, 1.54) is 12.1 Å². The molecule has 166 valence electrons. The van der Waals surface area contributed by atoms with Crippen molar-refractivity contribution in [2.45, 2.75) is 19.8 Å². The molecule has 0 spiro atoms. The largest absolute Gasteiger partial charge is 0.494 e. The van der Waals surface area contributed by atoms with Crippen LogP contribution in [0.5, 0.6) is 5.75 Å². The van der Waals surface area contributed by atoms with Gasteiger partial charge in [0.1, 0.15) is 17.4 Å². The van der Waals surface area contributed by atoms with Gasteiger partial charge in [-0.2, -0.15) is 0 Å². The van der Waals surface area contributed by atoms with E-state index in [1.807, 2.05) is 31.2 Å². The van der Waals surface area contributed by atoms with Crippen molar-refractivity contribution in [1.29, 1.82) is 0 Å². The van der Waals surface area contributed by atoms with Gasteiger partial charge < -0.3 is 4.74 Å². The van der Waals surface area contributed by atoms with Crippen LogP contribution in [-0.2, 0) is 12.8 Å². The smallest absolute Gasteiger partial charge is 0.159 e. The zero-order chi connectivity index (χ0) is 23.4. The number of rotatable bonds is 5. The highest BCUT2D eigenvalue weighted by molar-refractivity contribution is 5.84. The summed E-state index contributed by atoms with van der Waals surface area (Å²) in [7, 11) is 0. The number of benzene rings is 4. The summed E-state index contributed by atoms with van der Waals surface area (Å²) in [5.74, 6) is 2.63. The normalized spacial score (nSPS) is 10.7. The fourth-order valence-corrected chi connectivity index (χ4v) is 3.55. The predicted molar refractivity (Wildman–Crippen MR) is 121 cm³/mol. The van der Waals surface area contributed by atoms with Crippen molar-refractivity contribution in [3.8, 4) is 17.6 Å². The highest BCUT2D eigenvalue weighted by atomic mass is 19.2. The molecule has 0 aliphatic carbocycles. The van der Waals surface area contributed by atoms with Gasteiger partial charge in [-0.15, -0.1) is 0 Å². The summed E-state index contributed by atoms with van der Waals surface area (Å²) in [6.45, 7) is 2.50. The van der Waals surface area contributed by atoms with Crippen LogP contribution in [0.25, 0.3) is 10.8 Å². The third-order valence-electron chi connectivity index (χ3n) is 5.25. The van der Waals surface area contributed by atoms with Crippen LogP contribution < -0.4 is 4.74 Å². The summed E-state index contributed by atoms with van der Waals surface area (Å²) >= 11 is 0. The zero-order valence-corrected chi connectivity index (χ0v) is 17.9. The van der Waals surface area contributed by atoms with E-state index < -0.39 is 23.3 Å². The van der Waals surface area contributed by atoms with Crippen LogP contribution in [-0.4, -0.2) is 6.61 Å². The number of hydrogen-bond acceptors (Lipinski definition) is 1. The topological polar surface area (TPSA) is 9.23 Å². The van der Waals surface area contributed by atoms with Crippen LogP contribution in [0.3, 0.4) is 0 Å². The second kappa shape index (κ2) is 9.79. The van der Waals surface area contributed by atoms with Gasteiger partial charge >= 0.3 is 0 Å². The third-order valence-corrected chi connectivity index (χ3v) is 5.25. The molecule has 4 rings (SSSR count). The van der Waals surface area contributed by atoms with Crippen molar-refractivity contribution in [3.63, 3.8) is 0 Å². The van der Waals surface area contributed by atoms with E-state index >= 15 is 0 Å². The summed E-state index contributed by atoms with van der Waals surface area (Å²) in [6.07, 6.45) is 1.10. The first-order valence-electron chi connectivity index (χ1n) is 10.5. The molecule has 0 atom stereocenters. The second-order valence-corrected chi connectivity index (χ2v) is 7.59. The molecule has 0 amide bonds. The lowest BCUT2D eigenvalue weighted by Gasteiger charge is -2.07. The summed E-state index contributed by atoms with van der Waals surface area (Å²) in [6, 6.07) is 17.1.